The van der Waals surface area contributed by atoms with E-state index in [0.29, 0.717) is 18.9 Å². The van der Waals surface area contributed by atoms with Crippen molar-refractivity contribution in [2.24, 2.45) is 17.6 Å². The van der Waals surface area contributed by atoms with Crippen LogP contribution in [0.2, 0.25) is 0 Å². The van der Waals surface area contributed by atoms with Gasteiger partial charge in [-0.05, 0) is 24.7 Å². The van der Waals surface area contributed by atoms with Gasteiger partial charge in [0.25, 0.3) is 0 Å². The van der Waals surface area contributed by atoms with E-state index in [0.717, 1.165) is 31.8 Å². The molecule has 1 aliphatic heterocycles. The number of piperidine rings is 1. The van der Waals surface area contributed by atoms with E-state index in [2.05, 4.69) is 17.1 Å². The topological polar surface area (TPSA) is 75.4 Å². The van der Waals surface area contributed by atoms with Crippen molar-refractivity contribution < 1.29 is 9.59 Å². The molecule has 1 atom stereocenters. The summed E-state index contributed by atoms with van der Waals surface area (Å²) in [5.74, 6) is 1.15. The number of likely N-dealkylation sites (tertiary alicyclic amines) is 1. The summed E-state index contributed by atoms with van der Waals surface area (Å²) in [5.41, 5.74) is 5.21. The van der Waals surface area contributed by atoms with E-state index in [1.807, 2.05) is 0 Å². The minimum Gasteiger partial charge on any atom is -0.369 e. The van der Waals surface area contributed by atoms with Gasteiger partial charge in [0.1, 0.15) is 0 Å². The molecular weight excluding hydrogens is 278 g/mol. The standard InChI is InChI=1S/C17H31N3O2/c1-13(14-5-3-2-4-6-14)11-17(22)19-15-7-9-20(10-8-15)12-16(18)21/h13-15H,2-12H2,1H3,(H2,18,21)(H,19,22)/t13-/m0/s1. The van der Waals surface area contributed by atoms with Gasteiger partial charge in [-0.2, -0.15) is 0 Å². The van der Waals surface area contributed by atoms with Gasteiger partial charge in [-0.25, -0.2) is 0 Å². The summed E-state index contributed by atoms with van der Waals surface area (Å²) in [6.07, 6.45) is 9.09. The highest BCUT2D eigenvalue weighted by molar-refractivity contribution is 5.76. The second kappa shape index (κ2) is 8.51. The van der Waals surface area contributed by atoms with Gasteiger partial charge in [0.15, 0.2) is 0 Å². The zero-order chi connectivity index (χ0) is 15.9. The molecule has 0 bridgehead atoms. The van der Waals surface area contributed by atoms with Crippen LogP contribution >= 0.6 is 0 Å². The summed E-state index contributed by atoms with van der Waals surface area (Å²) in [7, 11) is 0. The summed E-state index contributed by atoms with van der Waals surface area (Å²) < 4.78 is 0. The van der Waals surface area contributed by atoms with Crippen LogP contribution in [0.5, 0.6) is 0 Å². The quantitative estimate of drug-likeness (QED) is 0.783. The molecule has 0 aromatic heterocycles. The smallest absolute Gasteiger partial charge is 0.231 e. The number of hydrogen-bond acceptors (Lipinski definition) is 3. The molecule has 0 aromatic carbocycles. The Bertz CT molecular complexity index is 372. The Morgan fingerprint density at radius 3 is 2.36 bits per heavy atom. The van der Waals surface area contributed by atoms with Gasteiger partial charge in [-0.15, -0.1) is 0 Å². The lowest BCUT2D eigenvalue weighted by Gasteiger charge is -2.32. The Kier molecular flexibility index (Phi) is 6.68. The predicted molar refractivity (Wildman–Crippen MR) is 87.2 cm³/mol. The van der Waals surface area contributed by atoms with Gasteiger partial charge in [-0.3, -0.25) is 14.5 Å². The number of primary amides is 1. The zero-order valence-electron chi connectivity index (χ0n) is 13.9. The molecule has 0 spiro atoms. The van der Waals surface area contributed by atoms with Crippen LogP contribution in [-0.4, -0.2) is 42.4 Å². The normalized spacial score (nSPS) is 23.1. The second-order valence-electron chi connectivity index (χ2n) is 7.16. The maximum absolute atomic E-state index is 12.2. The van der Waals surface area contributed by atoms with Crippen LogP contribution in [0.25, 0.3) is 0 Å². The third-order valence-electron chi connectivity index (χ3n) is 5.29. The summed E-state index contributed by atoms with van der Waals surface area (Å²) in [4.78, 5) is 25.2. The van der Waals surface area contributed by atoms with Gasteiger partial charge < -0.3 is 11.1 Å². The van der Waals surface area contributed by atoms with Crippen LogP contribution in [0.1, 0.15) is 58.3 Å². The van der Waals surface area contributed by atoms with Crippen molar-refractivity contribution in [2.45, 2.75) is 64.3 Å². The fourth-order valence-electron chi connectivity index (χ4n) is 3.90. The molecule has 22 heavy (non-hydrogen) atoms. The zero-order valence-corrected chi connectivity index (χ0v) is 13.9. The molecular formula is C17H31N3O2. The van der Waals surface area contributed by atoms with Crippen molar-refractivity contribution in [1.82, 2.24) is 10.2 Å². The first-order valence-electron chi connectivity index (χ1n) is 8.84. The Hall–Kier alpha value is -1.10. The molecule has 0 unspecified atom stereocenters. The first-order chi connectivity index (χ1) is 10.5. The Morgan fingerprint density at radius 1 is 1.14 bits per heavy atom. The van der Waals surface area contributed by atoms with Gasteiger partial charge in [0, 0.05) is 25.6 Å². The lowest BCUT2D eigenvalue weighted by atomic mass is 9.79. The molecule has 2 rings (SSSR count). The highest BCUT2D eigenvalue weighted by atomic mass is 16.2. The van der Waals surface area contributed by atoms with E-state index in [1.165, 1.54) is 32.1 Å². The largest absolute Gasteiger partial charge is 0.369 e. The molecule has 2 aliphatic rings. The highest BCUT2D eigenvalue weighted by Crippen LogP contribution is 2.31. The number of nitrogens with one attached hydrogen (secondary N) is 1. The number of nitrogens with zero attached hydrogens (tertiary/aromatic N) is 1. The van der Waals surface area contributed by atoms with Crippen molar-refractivity contribution >= 4 is 11.8 Å². The van der Waals surface area contributed by atoms with E-state index < -0.39 is 0 Å². The molecule has 1 saturated heterocycles. The highest BCUT2D eigenvalue weighted by Gasteiger charge is 2.25. The van der Waals surface area contributed by atoms with Crippen molar-refractivity contribution in [3.05, 3.63) is 0 Å². The predicted octanol–water partition coefficient (Wildman–Crippen LogP) is 1.66. The van der Waals surface area contributed by atoms with E-state index in [1.54, 1.807) is 0 Å². The SMILES string of the molecule is C[C@@H](CC(=O)NC1CCN(CC(N)=O)CC1)C1CCCCC1. The second-order valence-corrected chi connectivity index (χ2v) is 7.16. The summed E-state index contributed by atoms with van der Waals surface area (Å²) in [6, 6.07) is 0.259. The van der Waals surface area contributed by atoms with Crippen LogP contribution < -0.4 is 11.1 Å². The Balaban J connectivity index is 1.66. The van der Waals surface area contributed by atoms with Crippen molar-refractivity contribution in [3.8, 4) is 0 Å². The first kappa shape index (κ1) is 17.3. The molecule has 5 nitrogen and oxygen atoms in total. The van der Waals surface area contributed by atoms with Gasteiger partial charge in [0.2, 0.25) is 11.8 Å². The fourth-order valence-corrected chi connectivity index (χ4v) is 3.90. The average Bonchev–Trinajstić information content (AvgIpc) is 2.49. The Labute approximate surface area is 134 Å². The van der Waals surface area contributed by atoms with Gasteiger partial charge >= 0.3 is 0 Å². The van der Waals surface area contributed by atoms with E-state index in [4.69, 9.17) is 5.73 Å². The van der Waals surface area contributed by atoms with Crippen molar-refractivity contribution in [1.29, 1.82) is 0 Å². The number of hydrogen-bond donors (Lipinski definition) is 2. The van der Waals surface area contributed by atoms with E-state index in [9.17, 15) is 9.59 Å². The fraction of sp³-hybridized carbons (Fsp3) is 0.882. The molecule has 1 heterocycles. The van der Waals surface area contributed by atoms with Crippen molar-refractivity contribution in [2.75, 3.05) is 19.6 Å². The van der Waals surface area contributed by atoms with Crippen LogP contribution in [-0.2, 0) is 9.59 Å². The van der Waals surface area contributed by atoms with Gasteiger partial charge in [0.05, 0.1) is 6.54 Å². The Morgan fingerprint density at radius 2 is 1.77 bits per heavy atom. The van der Waals surface area contributed by atoms with E-state index >= 15 is 0 Å². The maximum Gasteiger partial charge on any atom is 0.231 e. The summed E-state index contributed by atoms with van der Waals surface area (Å²) in [6.45, 7) is 4.24. The molecule has 3 N–H and O–H groups in total. The minimum atomic E-state index is -0.274. The number of amides is 2. The van der Waals surface area contributed by atoms with Crippen LogP contribution in [0.3, 0.4) is 0 Å². The molecule has 1 saturated carbocycles. The summed E-state index contributed by atoms with van der Waals surface area (Å²) >= 11 is 0. The molecule has 5 heteroatoms. The molecule has 2 amide bonds. The van der Waals surface area contributed by atoms with Gasteiger partial charge in [-0.1, -0.05) is 39.0 Å². The first-order valence-corrected chi connectivity index (χ1v) is 8.84. The molecule has 0 aromatic rings. The summed E-state index contributed by atoms with van der Waals surface area (Å²) in [5, 5.41) is 3.18. The molecule has 1 aliphatic carbocycles. The number of rotatable bonds is 6. The third kappa shape index (κ3) is 5.59. The minimum absolute atomic E-state index is 0.200. The lowest BCUT2D eigenvalue weighted by Crippen LogP contribution is -2.47. The molecule has 0 radical (unpaired) electrons. The van der Waals surface area contributed by atoms with Crippen LogP contribution in [0.15, 0.2) is 0 Å². The molecule has 2 fully saturated rings. The molecule has 126 valence electrons. The maximum atomic E-state index is 12.2. The average molecular weight is 309 g/mol. The van der Waals surface area contributed by atoms with E-state index in [-0.39, 0.29) is 17.9 Å². The van der Waals surface area contributed by atoms with Crippen LogP contribution in [0, 0.1) is 11.8 Å². The van der Waals surface area contributed by atoms with Crippen LogP contribution in [0.4, 0.5) is 0 Å². The number of carbonyl (C=O) groups excluding carboxylic acids is 2. The lowest BCUT2D eigenvalue weighted by molar-refractivity contribution is -0.124. The monoisotopic (exact) mass is 309 g/mol. The number of nitrogens with two attached hydrogens (primary N) is 1. The number of carbonyl (C=O) groups is 2. The van der Waals surface area contributed by atoms with Crippen molar-refractivity contribution in [3.63, 3.8) is 0 Å². The third-order valence-corrected chi connectivity index (χ3v) is 5.29.